The summed E-state index contributed by atoms with van der Waals surface area (Å²) in [5, 5.41) is 13.5. The van der Waals surface area contributed by atoms with E-state index < -0.39 is 41.6 Å². The first-order chi connectivity index (χ1) is 51.9. The summed E-state index contributed by atoms with van der Waals surface area (Å²) in [7, 11) is 1.64. The molecule has 0 aliphatic carbocycles. The highest BCUT2D eigenvalue weighted by Gasteiger charge is 2.44. The molecule has 1 saturated heterocycles. The van der Waals surface area contributed by atoms with Crippen molar-refractivity contribution in [3.63, 3.8) is 0 Å². The first-order valence-electron chi connectivity index (χ1n) is 36.9. The Hall–Kier alpha value is -4.23. The van der Waals surface area contributed by atoms with Gasteiger partial charge in [0.25, 0.3) is 0 Å². The van der Waals surface area contributed by atoms with Gasteiger partial charge in [0.05, 0.1) is 325 Å². The number of hydrogen-bond donors (Lipinski definition) is 3. The lowest BCUT2D eigenvalue weighted by atomic mass is 9.86. The van der Waals surface area contributed by atoms with E-state index in [1.807, 2.05) is 52.0 Å². The van der Waals surface area contributed by atoms with E-state index in [4.69, 9.17) is 115 Å². The molecule has 1 aromatic heterocycles. The van der Waals surface area contributed by atoms with Crippen LogP contribution in [0.15, 0.2) is 29.8 Å². The lowest BCUT2D eigenvalue weighted by Crippen LogP contribution is -2.56. The summed E-state index contributed by atoms with van der Waals surface area (Å²) >= 11 is 1.50. The number of methoxy groups -OCH3 is 1. The van der Waals surface area contributed by atoms with Gasteiger partial charge in [-0.1, -0.05) is 45.0 Å². The topological polar surface area (TPSA) is 358 Å². The summed E-state index contributed by atoms with van der Waals surface area (Å²) in [5.74, 6) is -1.41. The number of nitrogens with one attached hydrogen (secondary N) is 1. The average molecular weight is 1540 g/mol. The number of β-amino-alcohol motifs (C(OH)–C–C–N with tert-alkyl or cyclic N) is 1. The van der Waals surface area contributed by atoms with Gasteiger partial charge in [0.15, 0.2) is 0 Å². The van der Waals surface area contributed by atoms with Crippen LogP contribution in [0.2, 0.25) is 0 Å². The van der Waals surface area contributed by atoms with Crippen molar-refractivity contribution in [1.29, 1.82) is 0 Å². The summed E-state index contributed by atoms with van der Waals surface area (Å²) in [6.07, 6.45) is -1.41. The van der Waals surface area contributed by atoms with E-state index in [1.54, 1.807) is 12.6 Å². The van der Waals surface area contributed by atoms with Crippen LogP contribution in [0.4, 0.5) is 0 Å². The molecule has 4 atom stereocenters. The second-order valence-electron chi connectivity index (χ2n) is 24.5. The molecular formula is C72H127N5O28S. The number of thiazole rings is 1. The Morgan fingerprint density at radius 2 is 0.830 bits per heavy atom. The monoisotopic (exact) mass is 1540 g/mol. The fourth-order valence-corrected chi connectivity index (χ4v) is 10.3. The van der Waals surface area contributed by atoms with E-state index in [2.05, 4.69) is 10.3 Å². The molecular weight excluding hydrogens is 1410 g/mol. The summed E-state index contributed by atoms with van der Waals surface area (Å²) in [6, 6.07) is 5.72. The van der Waals surface area contributed by atoms with Crippen molar-refractivity contribution in [3.8, 4) is 10.4 Å². The number of ether oxygens (including phenoxy) is 23. The largest absolute Gasteiger partial charge is 0.463 e. The highest BCUT2D eigenvalue weighted by Crippen LogP contribution is 2.34. The number of nitrogens with two attached hydrogens (primary N) is 1. The maximum absolute atomic E-state index is 13.7. The molecule has 0 bridgehead atoms. The van der Waals surface area contributed by atoms with Crippen LogP contribution in [-0.4, -0.2) is 373 Å². The predicted molar refractivity (Wildman–Crippen MR) is 389 cm³/mol. The molecule has 3 rings (SSSR count). The van der Waals surface area contributed by atoms with E-state index in [0.29, 0.717) is 289 Å². The molecule has 0 radical (unpaired) electrons. The van der Waals surface area contributed by atoms with E-state index in [9.17, 15) is 24.3 Å². The normalized spacial score (nSPS) is 14.5. The van der Waals surface area contributed by atoms with Crippen molar-refractivity contribution in [3.05, 3.63) is 41.0 Å². The molecule has 0 spiro atoms. The molecule has 0 saturated carbocycles. The third-order valence-electron chi connectivity index (χ3n) is 15.3. The van der Waals surface area contributed by atoms with Crippen molar-refractivity contribution >= 4 is 35.5 Å². The Labute approximate surface area is 631 Å². The number of carbonyl (C=O) groups is 4. The van der Waals surface area contributed by atoms with Gasteiger partial charge in [-0.25, -0.2) is 4.98 Å². The SMILES string of the molecule is COCCOCCOCCOCCOCCOCCOCCOCCOCCOCCOCCOCCOCCOCCOCCOCCOCCOCCOCCOCCOCCOCCNC(=O)CCC(=O)OCC(c1ccc(-c2scnc2C)cc1)N(C=O)[C@@H]1C[C@@H](O)CN1C(=O)[C@@H](N)C(C)(C)C. The Kier molecular flexibility index (Phi) is 61.2. The number of nitrogens with zero attached hydrogens (tertiary/aromatic N) is 3. The van der Waals surface area contributed by atoms with Crippen LogP contribution in [0, 0.1) is 12.3 Å². The molecule has 614 valence electrons. The molecule has 33 nitrogen and oxygen atoms in total. The van der Waals surface area contributed by atoms with Gasteiger partial charge in [0, 0.05) is 33.0 Å². The minimum atomic E-state index is -0.899. The summed E-state index contributed by atoms with van der Waals surface area (Å²) in [6.45, 7) is 27.3. The minimum Gasteiger partial charge on any atom is -0.463 e. The fraction of sp³-hybridized carbons (Fsp3) is 0.819. The second kappa shape index (κ2) is 67.6. The van der Waals surface area contributed by atoms with Crippen LogP contribution in [0.3, 0.4) is 0 Å². The number of hydrogen-bond acceptors (Lipinski definition) is 31. The standard InChI is InChI=1S/C72H127N5O28S/c1-61-69(106-59-75-61)63-8-6-62(7-9-63)65(77(60-78)67-56-64(79)57-76(67)71(82)70(73)72(2,3)4)58-105-68(81)11-10-66(80)74-12-13-84-16-17-86-20-21-88-24-25-90-28-29-92-32-33-94-36-37-96-40-41-98-44-45-100-48-49-102-52-53-104-55-54-103-51-50-101-47-46-99-43-42-97-39-38-95-35-34-93-31-30-91-27-26-89-23-22-87-19-18-85-15-14-83-5/h6-9,59-60,64-65,67,70,79H,10-58,73H2,1-5H3,(H,74,80)/t64-,65?,67-,70-/m1/s1. The number of aliphatic hydroxyl groups excluding tert-OH is 1. The van der Waals surface area contributed by atoms with Crippen LogP contribution >= 0.6 is 11.3 Å². The molecule has 1 aliphatic rings. The van der Waals surface area contributed by atoms with Crippen LogP contribution in [0.1, 0.15) is 57.3 Å². The van der Waals surface area contributed by atoms with Gasteiger partial charge in [0.2, 0.25) is 18.2 Å². The van der Waals surface area contributed by atoms with E-state index in [0.717, 1.165) is 16.1 Å². The molecule has 1 aliphatic heterocycles. The fourth-order valence-electron chi connectivity index (χ4n) is 9.46. The van der Waals surface area contributed by atoms with Gasteiger partial charge < -0.3 is 135 Å². The Morgan fingerprint density at radius 1 is 0.519 bits per heavy atom. The van der Waals surface area contributed by atoms with Crippen LogP contribution in [0.25, 0.3) is 10.4 Å². The van der Waals surface area contributed by atoms with Crippen LogP contribution < -0.4 is 11.1 Å². The molecule has 2 heterocycles. The number of carbonyl (C=O) groups excluding carboxylic acids is 4. The van der Waals surface area contributed by atoms with Gasteiger partial charge in [-0.2, -0.15) is 0 Å². The van der Waals surface area contributed by atoms with Crippen molar-refractivity contribution in [2.24, 2.45) is 11.1 Å². The quantitative estimate of drug-likeness (QED) is 0.0486. The number of amides is 3. The zero-order valence-electron chi connectivity index (χ0n) is 63.7. The zero-order chi connectivity index (χ0) is 76.3. The summed E-state index contributed by atoms with van der Waals surface area (Å²) in [5.41, 5.74) is 9.99. The second-order valence-corrected chi connectivity index (χ2v) is 25.4. The average Bonchev–Trinajstić information content (AvgIpc) is 1.58. The Morgan fingerprint density at radius 3 is 1.11 bits per heavy atom. The molecule has 1 fully saturated rings. The van der Waals surface area contributed by atoms with E-state index in [-0.39, 0.29) is 51.5 Å². The molecule has 4 N–H and O–H groups in total. The van der Waals surface area contributed by atoms with Crippen molar-refractivity contribution in [2.45, 2.75) is 71.3 Å². The minimum absolute atomic E-state index is 0.0103. The third kappa shape index (κ3) is 51.3. The number of esters is 1. The van der Waals surface area contributed by atoms with Crippen molar-refractivity contribution in [1.82, 2.24) is 20.1 Å². The first-order valence-corrected chi connectivity index (χ1v) is 37.8. The molecule has 1 aromatic carbocycles. The number of aromatic nitrogens is 1. The Balaban J connectivity index is 0.965. The molecule has 106 heavy (non-hydrogen) atoms. The van der Waals surface area contributed by atoms with Crippen molar-refractivity contribution in [2.75, 3.05) is 311 Å². The summed E-state index contributed by atoms with van der Waals surface area (Å²) in [4.78, 5) is 60.4. The zero-order valence-corrected chi connectivity index (χ0v) is 64.5. The number of aryl methyl sites for hydroxylation is 1. The maximum atomic E-state index is 13.7. The van der Waals surface area contributed by atoms with Gasteiger partial charge in [-0.05, 0) is 23.5 Å². The smallest absolute Gasteiger partial charge is 0.306 e. The Bertz CT molecular complexity index is 2380. The molecule has 34 heteroatoms. The number of likely N-dealkylation sites (tertiary alicyclic amines) is 1. The van der Waals surface area contributed by atoms with E-state index in [1.165, 1.54) is 21.1 Å². The number of benzene rings is 1. The van der Waals surface area contributed by atoms with Crippen LogP contribution in [-0.2, 0) is 128 Å². The van der Waals surface area contributed by atoms with Gasteiger partial charge >= 0.3 is 5.97 Å². The molecule has 2 aromatic rings. The van der Waals surface area contributed by atoms with E-state index >= 15 is 0 Å². The van der Waals surface area contributed by atoms with Gasteiger partial charge in [0.1, 0.15) is 12.8 Å². The van der Waals surface area contributed by atoms with Gasteiger partial charge in [-0.15, -0.1) is 11.3 Å². The van der Waals surface area contributed by atoms with Crippen molar-refractivity contribution < 1.29 is 133 Å². The predicted octanol–water partition coefficient (Wildman–Crippen LogP) is 2.35. The van der Waals surface area contributed by atoms with Crippen LogP contribution in [0.5, 0.6) is 0 Å². The number of rotatable bonds is 77. The summed E-state index contributed by atoms with van der Waals surface area (Å²) < 4.78 is 126. The first kappa shape index (κ1) is 96.0. The highest BCUT2D eigenvalue weighted by molar-refractivity contribution is 7.13. The molecule has 1 unspecified atom stereocenters. The molecule has 3 amide bonds. The lowest BCUT2D eigenvalue weighted by Gasteiger charge is -2.40. The maximum Gasteiger partial charge on any atom is 0.306 e. The lowest BCUT2D eigenvalue weighted by molar-refractivity contribution is -0.152. The number of aliphatic hydroxyl groups is 1. The van der Waals surface area contributed by atoms with Gasteiger partial charge in [-0.3, -0.25) is 19.2 Å². The highest BCUT2D eigenvalue weighted by atomic mass is 32.1. The third-order valence-corrected chi connectivity index (χ3v) is 16.2.